The Morgan fingerprint density at radius 2 is 0.352 bits per heavy atom. The molecule has 0 saturated carbocycles. The van der Waals surface area contributed by atoms with Crippen molar-refractivity contribution in [3.63, 3.8) is 0 Å². The van der Waals surface area contributed by atoms with E-state index in [1.54, 1.807) is 0 Å². The summed E-state index contributed by atoms with van der Waals surface area (Å²) in [6.07, 6.45) is 15.0. The molecule has 0 unspecified atom stereocenters. The van der Waals surface area contributed by atoms with Gasteiger partial charge in [-0.05, 0) is 278 Å². The number of halogens is 3. The van der Waals surface area contributed by atoms with Crippen molar-refractivity contribution in [3.05, 3.63) is 88.6 Å². The average Bonchev–Trinajstić information content (AvgIpc) is 3.12. The summed E-state index contributed by atoms with van der Waals surface area (Å²) in [7, 11) is -11.2. The number of rotatable bonds is 26. The summed E-state index contributed by atoms with van der Waals surface area (Å²) >= 11 is 5.80. The second-order valence-corrected chi connectivity index (χ2v) is 106. The topological polar surface area (TPSA) is 95.8 Å². The van der Waals surface area contributed by atoms with Gasteiger partial charge in [-0.1, -0.05) is 90.7 Å². The van der Waals surface area contributed by atoms with Crippen LogP contribution in [0.5, 0.6) is 0 Å². The average molecular weight is 1700 g/mol. The van der Waals surface area contributed by atoms with E-state index in [-0.39, 0.29) is 30.8 Å². The third-order valence-corrected chi connectivity index (χ3v) is 45.3. The Morgan fingerprint density at radius 3 is 0.385 bits per heavy atom. The zero-order valence-electron chi connectivity index (χ0n) is 66.9. The molecule has 0 aliphatic heterocycles. The van der Waals surface area contributed by atoms with Crippen LogP contribution in [0.4, 0.5) is 0 Å². The van der Waals surface area contributed by atoms with Crippen molar-refractivity contribution in [2.75, 3.05) is 0 Å². The van der Waals surface area contributed by atoms with Gasteiger partial charge in [0.15, 0.2) is 124 Å². The van der Waals surface area contributed by atoms with Crippen molar-refractivity contribution in [2.45, 2.75) is 326 Å². The van der Waals surface area contributed by atoms with Gasteiger partial charge in [0.05, 0.1) is 0 Å². The predicted octanol–water partition coefficient (Wildman–Crippen LogP) is 27.7. The quantitative estimate of drug-likeness (QED) is 0.0502. The van der Waals surface area contributed by atoms with E-state index >= 15 is 0 Å². The molecule has 0 fully saturated rings. The molecule has 0 aromatic rings. The molecule has 8 nitrogen and oxygen atoms in total. The molecule has 0 aliphatic rings. The Labute approximate surface area is 613 Å². The van der Waals surface area contributed by atoms with Crippen LogP contribution in [0, 0.1) is 0 Å². The van der Waals surface area contributed by atoms with Crippen molar-refractivity contribution < 1.29 is 50.2 Å². The van der Waals surface area contributed by atoms with Gasteiger partial charge >= 0.3 is 35.0 Å². The number of allylic oxidation sites excluding steroid dienone is 7. The van der Waals surface area contributed by atoms with Crippen molar-refractivity contribution in [1.29, 1.82) is 0 Å². The molecule has 0 aromatic carbocycles. The van der Waals surface area contributed by atoms with E-state index < -0.39 is 124 Å². The van der Waals surface area contributed by atoms with Crippen molar-refractivity contribution in [3.8, 4) is 0 Å². The van der Waals surface area contributed by atoms with Gasteiger partial charge in [-0.3, -0.25) is 0 Å². The fourth-order valence-corrected chi connectivity index (χ4v) is 54.6. The minimum absolute atomic E-state index is 0. The van der Waals surface area contributed by atoms with E-state index in [0.29, 0.717) is 0 Å². The Hall–Kier alpha value is 2.65. The van der Waals surface area contributed by atoms with Crippen LogP contribution in [-0.4, -0.2) is 133 Å². The molecule has 2 N–H and O–H groups in total. The molecule has 0 heterocycles. The Kier molecular flexibility index (Phi) is 80.4. The maximum absolute atomic E-state index is 8.66. The van der Waals surface area contributed by atoms with E-state index in [9.17, 15) is 0 Å². The van der Waals surface area contributed by atoms with Gasteiger partial charge in [0, 0.05) is 0 Å². The summed E-state index contributed by atoms with van der Waals surface area (Å²) in [4.78, 5) is 17.3. The zero-order chi connectivity index (χ0) is 75.1. The van der Waals surface area contributed by atoms with Crippen molar-refractivity contribution >= 4 is 154 Å². The van der Waals surface area contributed by atoms with E-state index in [1.165, 1.54) is 6.42 Å². The standard InChI is InChI=1S/6C8H20OSi2.C5H11ClSi.2C3H10OSi.C3H8.2CH4.2ClH.Pd/c6*1-7-8-11(5,6)9-10(2,3)4;1-4-5-7(2,3)6;2*1-5(2,3)4;1-3-2;;;;;/h6*7H,1,8H2,2-6H3;4H,1,5H2,2-3H3;2*4H,1-3H3;3H2,1-2H3;2*1H4;2*1H;/q;;;;;;;;;;;;;;+2/p-2. The fraction of sp³-hybridized carbons (Fsp3) is 0.781. The number of hydrogen-bond acceptors (Lipinski definition) is 8. The van der Waals surface area contributed by atoms with Gasteiger partial charge in [-0.2, -0.15) is 11.1 Å². The van der Waals surface area contributed by atoms with Crippen LogP contribution in [0.15, 0.2) is 88.6 Å². The summed E-state index contributed by atoms with van der Waals surface area (Å²) in [6.45, 7) is 113. The molecule has 0 amide bonds. The monoisotopic (exact) mass is 1690 g/mol. The summed E-state index contributed by atoms with van der Waals surface area (Å²) in [5, 5.41) is 0. The molecule has 91 heavy (non-hydrogen) atoms. The molecule has 0 bridgehead atoms. The van der Waals surface area contributed by atoms with Gasteiger partial charge < -0.3 is 34.3 Å². The number of hydrogen-bond donors (Lipinski definition) is 2. The molecular formula is C64H167Cl3O8PdSi15. The van der Waals surface area contributed by atoms with E-state index in [4.69, 9.17) is 64.4 Å². The maximum atomic E-state index is 8.66. The van der Waals surface area contributed by atoms with Crippen LogP contribution in [-0.2, 0) is 40.6 Å². The van der Waals surface area contributed by atoms with E-state index in [0.717, 1.165) is 42.3 Å². The van der Waals surface area contributed by atoms with E-state index in [1.807, 2.05) is 81.8 Å². The van der Waals surface area contributed by atoms with Crippen LogP contribution in [0.2, 0.25) is 291 Å². The summed E-state index contributed by atoms with van der Waals surface area (Å²) in [5.41, 5.74) is 0. The van der Waals surface area contributed by atoms with Gasteiger partial charge in [-0.25, -0.2) is 0 Å². The van der Waals surface area contributed by atoms with Gasteiger partial charge in [0.1, 0.15) is 0 Å². The first-order chi connectivity index (χ1) is 38.5. The van der Waals surface area contributed by atoms with Gasteiger partial charge in [0.2, 0.25) is 0 Å². The third-order valence-electron chi connectivity index (χ3n) is 7.94. The molecule has 0 radical (unpaired) electrons. The molecule has 0 spiro atoms. The van der Waals surface area contributed by atoms with Crippen LogP contribution in [0.1, 0.15) is 35.1 Å². The fourth-order valence-electron chi connectivity index (χ4n) is 7.65. The van der Waals surface area contributed by atoms with Crippen LogP contribution in [0.3, 0.4) is 0 Å². The zero-order valence-corrected chi connectivity index (χ0v) is 85.8. The van der Waals surface area contributed by atoms with Crippen molar-refractivity contribution in [1.82, 2.24) is 0 Å². The van der Waals surface area contributed by atoms with Crippen LogP contribution in [0.25, 0.3) is 0 Å². The molecule has 0 atom stereocenters. The molecule has 0 aliphatic carbocycles. The summed E-state index contributed by atoms with van der Waals surface area (Å²) in [6, 6.07) is 7.41. The molecule has 562 valence electrons. The summed E-state index contributed by atoms with van der Waals surface area (Å²) in [5.74, 6) is 0. The Bertz CT molecular complexity index is 1470. The predicted molar refractivity (Wildman–Crippen MR) is 472 cm³/mol. The first-order valence-electron chi connectivity index (χ1n) is 31.9. The Balaban J connectivity index is -0.0000000681. The molecule has 0 saturated heterocycles. The second-order valence-electron chi connectivity index (χ2n) is 34.1. The Morgan fingerprint density at radius 1 is 0.275 bits per heavy atom. The van der Waals surface area contributed by atoms with Crippen molar-refractivity contribution in [2.24, 2.45) is 0 Å². The normalized spacial score (nSPS) is 12.2. The van der Waals surface area contributed by atoms with Gasteiger partial charge in [-0.15, -0.1) is 46.1 Å². The SMILES string of the molecule is C.C.C=CC[Si](C)(C)Cl.C=CC[Si](C)(C)O[Si](C)(C)C.C=CC[Si](C)(C)O[Si](C)(C)C.C=CC[Si](C)(C)O[Si](C)(C)C.C=CC[Si](C)(C)O[Si](C)(C)C.C=CC[Si](C)(C)O[Si](C)(C)C.C=CC[Si](C)(C)O[Si](C)(C)C.CCC.C[Si](C)(C)O.C[Si](C)(C)O.[Cl][Pd][Cl]. The van der Waals surface area contributed by atoms with Crippen LogP contribution >= 0.6 is 30.1 Å². The minimum atomic E-state index is -1.61. The molecule has 0 rings (SSSR count). The van der Waals surface area contributed by atoms with E-state index in [2.05, 4.69) is 269 Å². The summed E-state index contributed by atoms with van der Waals surface area (Å²) < 4.78 is 36.4. The van der Waals surface area contributed by atoms with Crippen LogP contribution < -0.4 is 0 Å². The molecule has 0 aromatic heterocycles. The second kappa shape index (κ2) is 59.2. The first kappa shape index (κ1) is 124. The molecule has 27 heteroatoms. The van der Waals surface area contributed by atoms with Gasteiger partial charge in [0.25, 0.3) is 0 Å². The first-order valence-corrected chi connectivity index (χ1v) is 86.2. The third kappa shape index (κ3) is 171. The molecular weight excluding hydrogens is 1530 g/mol.